The van der Waals surface area contributed by atoms with E-state index in [0.717, 1.165) is 69.0 Å². The number of likely N-dealkylation sites (N-methyl/N-ethyl adjacent to an activating group) is 1. The van der Waals surface area contributed by atoms with Crippen LogP contribution in [-0.2, 0) is 11.2 Å². The number of hydrogen-bond acceptors (Lipinski definition) is 6. The fraction of sp³-hybridized carbons (Fsp3) is 0.789. The van der Waals surface area contributed by atoms with E-state index in [4.69, 9.17) is 5.11 Å². The number of aryl methyl sites for hydroxylation is 2. The number of hydrogen-bond donors (Lipinski definition) is 2. The molecule has 2 N–H and O–H groups in total. The van der Waals surface area contributed by atoms with Crippen LogP contribution in [0.2, 0.25) is 0 Å². The minimum absolute atomic E-state index is 0.0428. The average molecular weight is 381 g/mol. The Balaban J connectivity index is 1.58. The summed E-state index contributed by atoms with van der Waals surface area (Å²) in [7, 11) is 2.19. The second-order valence-electron chi connectivity index (χ2n) is 7.77. The number of amides is 1. The molecule has 3 heterocycles. The summed E-state index contributed by atoms with van der Waals surface area (Å²) in [6, 6.07) is 0.218. The molecule has 0 bridgehead atoms. The first kappa shape index (κ1) is 19.7. The van der Waals surface area contributed by atoms with Gasteiger partial charge in [-0.3, -0.25) is 9.69 Å². The lowest BCUT2D eigenvalue weighted by Gasteiger charge is -2.48. The molecule has 6 nitrogen and oxygen atoms in total. The smallest absolute Gasteiger partial charge is 0.220 e. The molecule has 7 heteroatoms. The number of nitrogens with one attached hydrogen (secondary N) is 1. The van der Waals surface area contributed by atoms with Crippen molar-refractivity contribution in [3.8, 4) is 0 Å². The molecular formula is C19H32N4O2S. The molecule has 0 aromatic carbocycles. The highest BCUT2D eigenvalue weighted by molar-refractivity contribution is 7.09. The van der Waals surface area contributed by atoms with Crippen molar-refractivity contribution in [3.63, 3.8) is 0 Å². The first-order valence-corrected chi connectivity index (χ1v) is 10.7. The minimum atomic E-state index is 0.0428. The molecule has 0 saturated carbocycles. The largest absolute Gasteiger partial charge is 0.396 e. The number of aliphatic hydroxyl groups excluding tert-OH is 1. The number of carbonyl (C=O) groups is 1. The Morgan fingerprint density at radius 1 is 1.50 bits per heavy atom. The van der Waals surface area contributed by atoms with E-state index < -0.39 is 0 Å². The molecule has 2 fully saturated rings. The van der Waals surface area contributed by atoms with E-state index in [0.29, 0.717) is 6.42 Å². The van der Waals surface area contributed by atoms with Crippen molar-refractivity contribution >= 4 is 17.2 Å². The third kappa shape index (κ3) is 4.44. The van der Waals surface area contributed by atoms with E-state index >= 15 is 0 Å². The maximum Gasteiger partial charge on any atom is 0.220 e. The van der Waals surface area contributed by atoms with Gasteiger partial charge in [0.15, 0.2) is 0 Å². The van der Waals surface area contributed by atoms with Crippen molar-refractivity contribution in [2.24, 2.45) is 0 Å². The van der Waals surface area contributed by atoms with Crippen LogP contribution in [0.3, 0.4) is 0 Å². The summed E-state index contributed by atoms with van der Waals surface area (Å²) >= 11 is 1.64. The second-order valence-corrected chi connectivity index (χ2v) is 8.72. The lowest BCUT2D eigenvalue weighted by Crippen LogP contribution is -2.63. The maximum absolute atomic E-state index is 12.6. The van der Waals surface area contributed by atoms with Crippen LogP contribution in [-0.4, -0.2) is 77.2 Å². The van der Waals surface area contributed by atoms with Crippen LogP contribution in [0.4, 0.5) is 0 Å². The van der Waals surface area contributed by atoms with Crippen molar-refractivity contribution in [2.75, 3.05) is 39.8 Å². The molecule has 26 heavy (non-hydrogen) atoms. The summed E-state index contributed by atoms with van der Waals surface area (Å²) in [5.41, 5.74) is 1.08. The van der Waals surface area contributed by atoms with E-state index in [1.165, 1.54) is 0 Å². The summed E-state index contributed by atoms with van der Waals surface area (Å²) in [5, 5.41) is 15.6. The zero-order valence-electron chi connectivity index (χ0n) is 16.0. The third-order valence-electron chi connectivity index (χ3n) is 5.94. The summed E-state index contributed by atoms with van der Waals surface area (Å²) in [6.45, 7) is 6.29. The van der Waals surface area contributed by atoms with Crippen molar-refractivity contribution in [1.29, 1.82) is 0 Å². The number of piperidine rings is 1. The average Bonchev–Trinajstić information content (AvgIpc) is 3.17. The van der Waals surface area contributed by atoms with Gasteiger partial charge in [-0.05, 0) is 46.2 Å². The predicted octanol–water partition coefficient (Wildman–Crippen LogP) is 1.42. The molecule has 146 valence electrons. The molecule has 2 aliphatic heterocycles. The first-order valence-electron chi connectivity index (χ1n) is 9.78. The number of thiazole rings is 1. The van der Waals surface area contributed by atoms with Crippen LogP contribution in [0, 0.1) is 6.92 Å². The highest BCUT2D eigenvalue weighted by Crippen LogP contribution is 2.36. The molecule has 2 aliphatic rings. The molecule has 2 atom stereocenters. The van der Waals surface area contributed by atoms with Crippen LogP contribution in [0.15, 0.2) is 5.38 Å². The quantitative estimate of drug-likeness (QED) is 0.749. The monoisotopic (exact) mass is 380 g/mol. The Labute approximate surface area is 160 Å². The van der Waals surface area contributed by atoms with Crippen LogP contribution in [0.5, 0.6) is 0 Å². The second kappa shape index (κ2) is 8.78. The van der Waals surface area contributed by atoms with Crippen LogP contribution in [0.25, 0.3) is 0 Å². The van der Waals surface area contributed by atoms with Gasteiger partial charge in [0.2, 0.25) is 5.91 Å². The minimum Gasteiger partial charge on any atom is -0.396 e. The summed E-state index contributed by atoms with van der Waals surface area (Å²) in [6.07, 6.45) is 5.37. The molecule has 1 aromatic rings. The lowest BCUT2D eigenvalue weighted by atomic mass is 9.82. The Morgan fingerprint density at radius 3 is 3.08 bits per heavy atom. The summed E-state index contributed by atoms with van der Waals surface area (Å²) in [5.74, 6) is 0.144. The molecule has 1 spiro atoms. The van der Waals surface area contributed by atoms with E-state index in [2.05, 4.69) is 27.1 Å². The van der Waals surface area contributed by atoms with E-state index in [-0.39, 0.29) is 24.1 Å². The van der Waals surface area contributed by atoms with Crippen LogP contribution in [0.1, 0.15) is 42.8 Å². The van der Waals surface area contributed by atoms with E-state index in [1.807, 2.05) is 12.3 Å². The van der Waals surface area contributed by atoms with Gasteiger partial charge in [-0.25, -0.2) is 4.98 Å². The number of aliphatic hydroxyl groups is 1. The molecule has 2 unspecified atom stereocenters. The SMILES string of the molecule is Cc1csc(CCC(=O)NC2CCN(C)C23CCCN(CCCO)C3)n1. The third-order valence-corrected chi connectivity index (χ3v) is 6.97. The van der Waals surface area contributed by atoms with Gasteiger partial charge in [0.05, 0.1) is 10.5 Å². The standard InChI is InChI=1S/C19H32N4O2S/c1-15-13-26-18(20-15)6-5-17(25)21-16-7-11-22(2)19(16)8-3-9-23(14-19)10-4-12-24/h13,16,24H,3-12,14H2,1-2H3,(H,21,25). The Bertz CT molecular complexity index is 608. The van der Waals surface area contributed by atoms with Crippen molar-refractivity contribution in [3.05, 3.63) is 16.1 Å². The lowest BCUT2D eigenvalue weighted by molar-refractivity contribution is -0.122. The van der Waals surface area contributed by atoms with Crippen molar-refractivity contribution in [2.45, 2.75) is 57.0 Å². The van der Waals surface area contributed by atoms with E-state index in [1.54, 1.807) is 11.3 Å². The number of nitrogens with zero attached hydrogens (tertiary/aromatic N) is 3. The van der Waals surface area contributed by atoms with Gasteiger partial charge in [-0.1, -0.05) is 0 Å². The number of aromatic nitrogens is 1. The number of likely N-dealkylation sites (tertiary alicyclic amines) is 2. The predicted molar refractivity (Wildman–Crippen MR) is 104 cm³/mol. The highest BCUT2D eigenvalue weighted by atomic mass is 32.1. The van der Waals surface area contributed by atoms with Gasteiger partial charge < -0.3 is 15.3 Å². The molecule has 2 saturated heterocycles. The fourth-order valence-electron chi connectivity index (χ4n) is 4.53. The van der Waals surface area contributed by atoms with Crippen molar-refractivity contribution in [1.82, 2.24) is 20.1 Å². The summed E-state index contributed by atoms with van der Waals surface area (Å²) in [4.78, 5) is 21.9. The van der Waals surface area contributed by atoms with Gasteiger partial charge in [0.25, 0.3) is 0 Å². The first-order chi connectivity index (χ1) is 12.5. The Morgan fingerprint density at radius 2 is 2.35 bits per heavy atom. The van der Waals surface area contributed by atoms with Crippen LogP contribution >= 0.6 is 11.3 Å². The van der Waals surface area contributed by atoms with E-state index in [9.17, 15) is 4.79 Å². The van der Waals surface area contributed by atoms with Gasteiger partial charge in [0, 0.05) is 56.2 Å². The van der Waals surface area contributed by atoms with Gasteiger partial charge >= 0.3 is 0 Å². The zero-order valence-corrected chi connectivity index (χ0v) is 16.9. The Kier molecular flexibility index (Phi) is 6.66. The van der Waals surface area contributed by atoms with Gasteiger partial charge in [-0.2, -0.15) is 0 Å². The molecule has 3 rings (SSSR count). The number of rotatable bonds is 7. The number of carbonyl (C=O) groups excluding carboxylic acids is 1. The Hall–Kier alpha value is -1.02. The highest BCUT2D eigenvalue weighted by Gasteiger charge is 2.49. The van der Waals surface area contributed by atoms with Gasteiger partial charge in [0.1, 0.15) is 0 Å². The zero-order chi connectivity index (χ0) is 18.6. The molecule has 1 aromatic heterocycles. The topological polar surface area (TPSA) is 68.7 Å². The molecule has 0 radical (unpaired) electrons. The molecular weight excluding hydrogens is 348 g/mol. The molecule has 1 amide bonds. The molecule has 0 aliphatic carbocycles. The summed E-state index contributed by atoms with van der Waals surface area (Å²) < 4.78 is 0. The fourth-order valence-corrected chi connectivity index (χ4v) is 5.30. The van der Waals surface area contributed by atoms with Gasteiger partial charge in [-0.15, -0.1) is 11.3 Å². The van der Waals surface area contributed by atoms with Crippen LogP contribution < -0.4 is 5.32 Å². The normalized spacial score (nSPS) is 27.3. The van der Waals surface area contributed by atoms with Crippen molar-refractivity contribution < 1.29 is 9.90 Å². The maximum atomic E-state index is 12.6.